The van der Waals surface area contributed by atoms with E-state index in [1.165, 1.54) is 0 Å². The molecule has 5 rings (SSSR count). The van der Waals surface area contributed by atoms with Gasteiger partial charge in [-0.15, -0.1) is 0 Å². The number of aromatic amines is 1. The Bertz CT molecular complexity index is 1080. The minimum atomic E-state index is -1.34. The van der Waals surface area contributed by atoms with Crippen LogP contribution in [0.1, 0.15) is 24.1 Å². The second kappa shape index (κ2) is 10.9. The zero-order valence-electron chi connectivity index (χ0n) is 19.0. The number of hydrogen-bond acceptors (Lipinski definition) is 7. The van der Waals surface area contributed by atoms with Crippen molar-refractivity contribution < 1.29 is 23.2 Å². The Morgan fingerprint density at radius 3 is 2.70 bits per heavy atom. The van der Waals surface area contributed by atoms with Crippen LogP contribution in [0.15, 0.2) is 41.7 Å². The fourth-order valence-corrected chi connectivity index (χ4v) is 5.09. The maximum atomic E-state index is 12.9. The number of hydrogen-bond donors (Lipinski definition) is 1. The monoisotopic (exact) mass is 480 g/mol. The Morgan fingerprint density at radius 1 is 1.18 bits per heavy atom. The van der Waals surface area contributed by atoms with Gasteiger partial charge in [-0.3, -0.25) is 9.19 Å². The van der Waals surface area contributed by atoms with Crippen molar-refractivity contribution in [3.8, 4) is 5.75 Å². The molecule has 1 unspecified atom stereocenters. The second-order valence-corrected chi connectivity index (χ2v) is 9.62. The third-order valence-electron chi connectivity index (χ3n) is 6.00. The van der Waals surface area contributed by atoms with Gasteiger partial charge in [0.15, 0.2) is 10.9 Å². The van der Waals surface area contributed by atoms with Crippen LogP contribution in [0, 0.1) is 12.8 Å². The smallest absolute Gasteiger partial charge is 0.197 e. The molecule has 0 bridgehead atoms. The predicted molar refractivity (Wildman–Crippen MR) is 125 cm³/mol. The zero-order valence-corrected chi connectivity index (χ0v) is 21.9. The topological polar surface area (TPSA) is 95.6 Å². The molecule has 4 heterocycles. The van der Waals surface area contributed by atoms with Crippen LogP contribution in [-0.4, -0.2) is 87.5 Å². The van der Waals surface area contributed by atoms with E-state index < -0.39 is 16.6 Å². The summed E-state index contributed by atoms with van der Waals surface area (Å²) >= 11 is 0. The van der Waals surface area contributed by atoms with Crippen molar-refractivity contribution in [1.29, 1.82) is 0 Å². The molecule has 171 valence electrons. The van der Waals surface area contributed by atoms with Crippen LogP contribution in [0.3, 0.4) is 0 Å². The van der Waals surface area contributed by atoms with E-state index in [1.807, 2.05) is 37.3 Å². The average molecular weight is 481 g/mol. The van der Waals surface area contributed by atoms with Crippen molar-refractivity contribution in [2.24, 2.45) is 5.92 Å². The van der Waals surface area contributed by atoms with E-state index in [0.29, 0.717) is 38.2 Å². The third kappa shape index (κ3) is 5.67. The van der Waals surface area contributed by atoms with Crippen molar-refractivity contribution in [2.45, 2.75) is 36.5 Å². The van der Waals surface area contributed by atoms with Gasteiger partial charge >= 0.3 is 0 Å². The van der Waals surface area contributed by atoms with Gasteiger partial charge in [0.25, 0.3) is 0 Å². The van der Waals surface area contributed by atoms with Crippen molar-refractivity contribution in [2.75, 3.05) is 33.0 Å². The summed E-state index contributed by atoms with van der Waals surface area (Å²) in [6, 6.07) is 9.49. The van der Waals surface area contributed by atoms with Gasteiger partial charge in [-0.25, -0.2) is 4.98 Å². The Hall–Kier alpha value is -1.33. The summed E-state index contributed by atoms with van der Waals surface area (Å²) in [7, 11) is -1.34. The largest absolute Gasteiger partial charge is 0.493 e. The summed E-state index contributed by atoms with van der Waals surface area (Å²) in [4.78, 5) is 12.0. The molecule has 1 atom stereocenters. The first-order chi connectivity index (χ1) is 15.6. The molecule has 2 aliphatic rings. The minimum Gasteiger partial charge on any atom is -0.493 e. The normalized spacial score (nSPS) is 19.3. The number of pyridine rings is 1. The summed E-state index contributed by atoms with van der Waals surface area (Å²) in [6.45, 7) is 4.99. The molecule has 1 aromatic carbocycles. The molecule has 33 heavy (non-hydrogen) atoms. The molecule has 2 fully saturated rings. The van der Waals surface area contributed by atoms with E-state index >= 15 is 0 Å². The number of imidazole rings is 1. The van der Waals surface area contributed by atoms with Crippen molar-refractivity contribution in [3.05, 3.63) is 47.8 Å². The standard InChI is InChI=1S/C23H27N3O5S.Na/c1-16-20(15-32(27)22-25-18-4-2-3-5-19(18)26-22)24-9-6-21(16)29-12-17-13-30-23(31-14-17)7-10-28-11-8-23;/h2-6,9,17H,7-8,10-15H2,1H3,(H,25,26);. The average Bonchev–Trinajstić information content (AvgIpc) is 3.26. The Kier molecular flexibility index (Phi) is 8.22. The van der Waals surface area contributed by atoms with E-state index in [1.54, 1.807) is 6.20 Å². The molecular formula is C23H27N3NaO5S. The van der Waals surface area contributed by atoms with E-state index in [4.69, 9.17) is 18.9 Å². The SMILES string of the molecule is Cc1c(OCC2COC3(CCOCC3)OC2)ccnc1CS(=O)c1nc2ccccc2[nH]1.[Na]. The molecule has 2 aliphatic heterocycles. The molecule has 1 spiro atoms. The zero-order chi connectivity index (χ0) is 22.0. The van der Waals surface area contributed by atoms with Crippen LogP contribution in [0.2, 0.25) is 0 Å². The Morgan fingerprint density at radius 2 is 1.94 bits per heavy atom. The molecule has 2 aromatic heterocycles. The molecule has 10 heteroatoms. The van der Waals surface area contributed by atoms with E-state index in [-0.39, 0.29) is 41.2 Å². The number of ether oxygens (including phenoxy) is 4. The molecular weight excluding hydrogens is 453 g/mol. The first-order valence-electron chi connectivity index (χ1n) is 10.9. The quantitative estimate of drug-likeness (QED) is 0.542. The number of nitrogens with one attached hydrogen (secondary N) is 1. The maximum absolute atomic E-state index is 12.9. The van der Waals surface area contributed by atoms with Crippen LogP contribution in [0.4, 0.5) is 0 Å². The Labute approximate surface area is 217 Å². The molecule has 1 radical (unpaired) electrons. The molecule has 0 aliphatic carbocycles. The maximum Gasteiger partial charge on any atom is 0.197 e. The van der Waals surface area contributed by atoms with Crippen LogP contribution < -0.4 is 4.74 Å². The number of nitrogens with zero attached hydrogens (tertiary/aromatic N) is 2. The number of fused-ring (bicyclic) bond motifs is 1. The number of H-pyrrole nitrogens is 1. The fourth-order valence-electron chi connectivity index (χ4n) is 3.99. The molecule has 1 N–H and O–H groups in total. The molecule has 0 amide bonds. The van der Waals surface area contributed by atoms with Crippen LogP contribution in [-0.2, 0) is 30.8 Å². The Balaban J connectivity index is 0.00000259. The summed E-state index contributed by atoms with van der Waals surface area (Å²) in [5.41, 5.74) is 3.29. The number of benzene rings is 1. The van der Waals surface area contributed by atoms with Crippen molar-refractivity contribution in [1.82, 2.24) is 15.0 Å². The van der Waals surface area contributed by atoms with Gasteiger partial charge in [-0.2, -0.15) is 0 Å². The van der Waals surface area contributed by atoms with E-state index in [2.05, 4.69) is 15.0 Å². The molecule has 0 saturated carbocycles. The van der Waals surface area contributed by atoms with Gasteiger partial charge in [0.2, 0.25) is 0 Å². The molecule has 8 nitrogen and oxygen atoms in total. The van der Waals surface area contributed by atoms with Crippen molar-refractivity contribution in [3.63, 3.8) is 0 Å². The van der Waals surface area contributed by atoms with Gasteiger partial charge in [0, 0.05) is 60.1 Å². The predicted octanol–water partition coefficient (Wildman–Crippen LogP) is 2.74. The van der Waals surface area contributed by atoms with Gasteiger partial charge in [0.05, 0.1) is 66.3 Å². The summed E-state index contributed by atoms with van der Waals surface area (Å²) in [5.74, 6) is 0.685. The molecule has 3 aromatic rings. The number of para-hydroxylation sites is 2. The van der Waals surface area contributed by atoms with Gasteiger partial charge < -0.3 is 23.9 Å². The van der Waals surface area contributed by atoms with Crippen LogP contribution in [0.25, 0.3) is 11.0 Å². The third-order valence-corrected chi connectivity index (χ3v) is 7.16. The molecule has 2 saturated heterocycles. The van der Waals surface area contributed by atoms with Gasteiger partial charge in [-0.1, -0.05) is 12.1 Å². The fraction of sp³-hybridized carbons (Fsp3) is 0.478. The van der Waals surface area contributed by atoms with Crippen LogP contribution in [0.5, 0.6) is 5.75 Å². The van der Waals surface area contributed by atoms with E-state index in [9.17, 15) is 4.21 Å². The van der Waals surface area contributed by atoms with Crippen molar-refractivity contribution >= 4 is 51.4 Å². The first-order valence-corrected chi connectivity index (χ1v) is 12.2. The summed E-state index contributed by atoms with van der Waals surface area (Å²) < 4.78 is 36.5. The summed E-state index contributed by atoms with van der Waals surface area (Å²) in [5, 5.41) is 0.456. The van der Waals surface area contributed by atoms with Gasteiger partial charge in [0.1, 0.15) is 5.75 Å². The summed E-state index contributed by atoms with van der Waals surface area (Å²) in [6.07, 6.45) is 3.24. The first kappa shape index (κ1) is 24.8. The van der Waals surface area contributed by atoms with Gasteiger partial charge in [-0.05, 0) is 25.1 Å². The number of rotatable bonds is 6. The van der Waals surface area contributed by atoms with E-state index in [0.717, 1.165) is 40.9 Å². The number of aromatic nitrogens is 3. The van der Waals surface area contributed by atoms with Crippen LogP contribution >= 0.6 is 0 Å². The minimum absolute atomic E-state index is 0. The second-order valence-electron chi connectivity index (χ2n) is 8.25.